The maximum Gasteiger partial charge on any atom is 0.330 e. The van der Waals surface area contributed by atoms with Crippen molar-refractivity contribution in [2.75, 3.05) is 22.8 Å². The minimum Gasteiger partial charge on any atom is -0.452 e. The number of esters is 1. The molecule has 0 radical (unpaired) electrons. The van der Waals surface area contributed by atoms with Crippen molar-refractivity contribution in [1.29, 1.82) is 0 Å². The molecule has 0 spiro atoms. The van der Waals surface area contributed by atoms with Crippen LogP contribution in [0, 0.1) is 0 Å². The van der Waals surface area contributed by atoms with Crippen LogP contribution in [0.1, 0.15) is 20.3 Å². The van der Waals surface area contributed by atoms with E-state index >= 15 is 0 Å². The molecule has 0 saturated heterocycles. The third kappa shape index (κ3) is 6.08. The molecule has 7 nitrogen and oxygen atoms in total. The van der Waals surface area contributed by atoms with Gasteiger partial charge in [0, 0.05) is 12.6 Å². The summed E-state index contributed by atoms with van der Waals surface area (Å²) in [7, 11) is -3.89. The molecule has 0 unspecified atom stereocenters. The van der Waals surface area contributed by atoms with Gasteiger partial charge in [-0.1, -0.05) is 42.8 Å². The van der Waals surface area contributed by atoms with Gasteiger partial charge in [-0.3, -0.25) is 9.10 Å². The highest BCUT2D eigenvalue weighted by Gasteiger charge is 2.24. The number of nitrogens with one attached hydrogen (secondary N) is 1. The summed E-state index contributed by atoms with van der Waals surface area (Å²) in [6.45, 7) is 3.28. The van der Waals surface area contributed by atoms with Crippen LogP contribution < -0.4 is 9.62 Å². The molecule has 1 amide bonds. The lowest BCUT2D eigenvalue weighted by molar-refractivity contribution is -0.142. The van der Waals surface area contributed by atoms with E-state index in [-0.39, 0.29) is 22.2 Å². The topological polar surface area (TPSA) is 92.8 Å². The Hall–Kier alpha value is -2.84. The molecule has 0 aliphatic heterocycles. The van der Waals surface area contributed by atoms with Gasteiger partial charge in [-0.2, -0.15) is 0 Å². The van der Waals surface area contributed by atoms with Crippen molar-refractivity contribution in [3.05, 3.63) is 65.7 Å². The van der Waals surface area contributed by atoms with Crippen molar-refractivity contribution in [3.8, 4) is 0 Å². The number of hydrogen-bond donors (Lipinski definition) is 1. The van der Waals surface area contributed by atoms with Crippen LogP contribution >= 0.6 is 11.6 Å². The highest BCUT2D eigenvalue weighted by Crippen LogP contribution is 2.29. The molecule has 2 rings (SSSR count). The van der Waals surface area contributed by atoms with Gasteiger partial charge in [0.1, 0.15) is 0 Å². The van der Waals surface area contributed by atoms with Crippen molar-refractivity contribution in [2.24, 2.45) is 0 Å². The Bertz CT molecular complexity index is 1020. The normalized spacial score (nSPS) is 11.3. The second kappa shape index (κ2) is 10.8. The SMILES string of the molecule is CC/C=C/C(=O)OCC(=O)Nc1cc(S(=O)(=O)N(CC)c2ccccc2)ccc1Cl. The monoisotopic (exact) mass is 450 g/mol. The summed E-state index contributed by atoms with van der Waals surface area (Å²) < 4.78 is 32.3. The van der Waals surface area contributed by atoms with Crippen LogP contribution in [-0.2, 0) is 24.3 Å². The molecule has 0 heterocycles. The number of halogens is 1. The molecule has 160 valence electrons. The Kier molecular flexibility index (Phi) is 8.44. The van der Waals surface area contributed by atoms with E-state index in [4.69, 9.17) is 16.3 Å². The van der Waals surface area contributed by atoms with Crippen LogP contribution in [0.15, 0.2) is 65.6 Å². The number of rotatable bonds is 9. The lowest BCUT2D eigenvalue weighted by Gasteiger charge is -2.23. The van der Waals surface area contributed by atoms with Crippen molar-refractivity contribution < 1.29 is 22.7 Å². The van der Waals surface area contributed by atoms with Gasteiger partial charge in [0.15, 0.2) is 6.61 Å². The molecule has 9 heteroatoms. The first-order chi connectivity index (χ1) is 14.3. The second-order valence-corrected chi connectivity index (χ2v) is 8.38. The lowest BCUT2D eigenvalue weighted by atomic mass is 10.3. The fourth-order valence-electron chi connectivity index (χ4n) is 2.56. The van der Waals surface area contributed by atoms with Crippen molar-refractivity contribution in [3.63, 3.8) is 0 Å². The first-order valence-electron chi connectivity index (χ1n) is 9.30. The van der Waals surface area contributed by atoms with E-state index in [1.807, 2.05) is 6.92 Å². The Balaban J connectivity index is 2.20. The van der Waals surface area contributed by atoms with Gasteiger partial charge in [0.05, 0.1) is 21.3 Å². The average molecular weight is 451 g/mol. The fourth-order valence-corrected chi connectivity index (χ4v) is 4.22. The Morgan fingerprint density at radius 1 is 1.13 bits per heavy atom. The van der Waals surface area contributed by atoms with Crippen molar-refractivity contribution in [1.82, 2.24) is 0 Å². The Labute approximate surface area is 181 Å². The molecule has 0 atom stereocenters. The number of nitrogens with zero attached hydrogens (tertiary/aromatic N) is 1. The molecule has 0 aliphatic rings. The largest absolute Gasteiger partial charge is 0.452 e. The van der Waals surface area contributed by atoms with Gasteiger partial charge in [-0.15, -0.1) is 0 Å². The maximum atomic E-state index is 13.1. The quantitative estimate of drug-likeness (QED) is 0.460. The molecule has 0 aromatic heterocycles. The van der Waals surface area contributed by atoms with Crippen LogP contribution in [-0.4, -0.2) is 33.4 Å². The summed E-state index contributed by atoms with van der Waals surface area (Å²) in [5.74, 6) is -1.28. The van der Waals surface area contributed by atoms with Gasteiger partial charge in [-0.25, -0.2) is 13.2 Å². The maximum absolute atomic E-state index is 13.1. The molecule has 30 heavy (non-hydrogen) atoms. The lowest BCUT2D eigenvalue weighted by Crippen LogP contribution is -2.30. The van der Waals surface area contributed by atoms with E-state index in [0.29, 0.717) is 12.1 Å². The predicted molar refractivity (Wildman–Crippen MR) is 117 cm³/mol. The number of para-hydroxylation sites is 1. The molecule has 1 N–H and O–H groups in total. The van der Waals surface area contributed by atoms with E-state index in [0.717, 1.165) is 0 Å². The summed E-state index contributed by atoms with van der Waals surface area (Å²) in [5, 5.41) is 2.63. The second-order valence-electron chi connectivity index (χ2n) is 6.11. The van der Waals surface area contributed by atoms with Crippen LogP contribution in [0.5, 0.6) is 0 Å². The zero-order valence-corrected chi connectivity index (χ0v) is 18.2. The third-order valence-electron chi connectivity index (χ3n) is 3.97. The zero-order chi connectivity index (χ0) is 22.1. The smallest absolute Gasteiger partial charge is 0.330 e. The van der Waals surface area contributed by atoms with E-state index < -0.39 is 28.5 Å². The standard InChI is InChI=1S/C21H23ClN2O5S/c1-3-5-11-21(26)29-15-20(25)23-19-14-17(12-13-18(19)22)30(27,28)24(4-2)16-9-7-6-8-10-16/h5-14H,3-4,15H2,1-2H3,(H,23,25)/b11-5+. The molecule has 0 aliphatic carbocycles. The van der Waals surface area contributed by atoms with Crippen molar-refractivity contribution >= 4 is 44.9 Å². The number of hydrogen-bond acceptors (Lipinski definition) is 5. The molecule has 0 fully saturated rings. The first kappa shape index (κ1) is 23.4. The van der Waals surface area contributed by atoms with Crippen LogP contribution in [0.4, 0.5) is 11.4 Å². The number of sulfonamides is 1. The number of anilines is 2. The van der Waals surface area contributed by atoms with E-state index in [9.17, 15) is 18.0 Å². The fraction of sp³-hybridized carbons (Fsp3) is 0.238. The summed E-state index contributed by atoms with van der Waals surface area (Å²) in [6.07, 6.45) is 3.50. The van der Waals surface area contributed by atoms with Crippen LogP contribution in [0.3, 0.4) is 0 Å². The molecule has 0 saturated carbocycles. The number of allylic oxidation sites excluding steroid dienone is 1. The van der Waals surface area contributed by atoms with Gasteiger partial charge >= 0.3 is 5.97 Å². The average Bonchev–Trinajstić information content (AvgIpc) is 2.73. The number of carbonyl (C=O) groups is 2. The molecule has 0 bridgehead atoms. The summed E-state index contributed by atoms with van der Waals surface area (Å²) >= 11 is 6.11. The van der Waals surface area contributed by atoms with Crippen molar-refractivity contribution in [2.45, 2.75) is 25.2 Å². The van der Waals surface area contributed by atoms with Gasteiger partial charge in [-0.05, 0) is 43.7 Å². The zero-order valence-electron chi connectivity index (χ0n) is 16.7. The Morgan fingerprint density at radius 2 is 1.83 bits per heavy atom. The number of amides is 1. The summed E-state index contributed by atoms with van der Waals surface area (Å²) in [6, 6.07) is 12.7. The number of ether oxygens (including phenoxy) is 1. The van der Waals surface area contributed by atoms with Gasteiger partial charge in [0.25, 0.3) is 15.9 Å². The Morgan fingerprint density at radius 3 is 2.47 bits per heavy atom. The first-order valence-corrected chi connectivity index (χ1v) is 11.1. The van der Waals surface area contributed by atoms with E-state index in [1.54, 1.807) is 43.3 Å². The summed E-state index contributed by atoms with van der Waals surface area (Å²) in [5.41, 5.74) is 0.625. The minimum absolute atomic E-state index is 0.0317. The number of carbonyl (C=O) groups excluding carboxylic acids is 2. The van der Waals surface area contributed by atoms with E-state index in [1.165, 1.54) is 28.6 Å². The third-order valence-corrected chi connectivity index (χ3v) is 6.19. The van der Waals surface area contributed by atoms with Crippen LogP contribution in [0.2, 0.25) is 5.02 Å². The number of benzene rings is 2. The van der Waals surface area contributed by atoms with Gasteiger partial charge < -0.3 is 10.1 Å². The highest BCUT2D eigenvalue weighted by atomic mass is 35.5. The molecular weight excluding hydrogens is 428 g/mol. The highest BCUT2D eigenvalue weighted by molar-refractivity contribution is 7.92. The van der Waals surface area contributed by atoms with E-state index in [2.05, 4.69) is 5.32 Å². The molecule has 2 aromatic carbocycles. The van der Waals surface area contributed by atoms with Gasteiger partial charge in [0.2, 0.25) is 0 Å². The predicted octanol–water partition coefficient (Wildman–Crippen LogP) is 4.00. The molecule has 2 aromatic rings. The summed E-state index contributed by atoms with van der Waals surface area (Å²) in [4.78, 5) is 23.5. The molecular formula is C21H23ClN2O5S. The minimum atomic E-state index is -3.89. The van der Waals surface area contributed by atoms with Crippen LogP contribution in [0.25, 0.3) is 0 Å².